The predicted molar refractivity (Wildman–Crippen MR) is 119 cm³/mol. The first-order valence-corrected chi connectivity index (χ1v) is 11.2. The molecule has 0 amide bonds. The largest absolute Gasteiger partial charge is 0.361 e. The summed E-state index contributed by atoms with van der Waals surface area (Å²) in [6.45, 7) is 4.73. The van der Waals surface area contributed by atoms with Crippen molar-refractivity contribution in [2.24, 2.45) is 0 Å². The molecule has 0 aliphatic carbocycles. The summed E-state index contributed by atoms with van der Waals surface area (Å²) in [5, 5.41) is 14.0. The van der Waals surface area contributed by atoms with Crippen LogP contribution in [-0.2, 0) is 18.7 Å². The van der Waals surface area contributed by atoms with Crippen LogP contribution in [0.1, 0.15) is 22.6 Å². The van der Waals surface area contributed by atoms with E-state index < -0.39 is 0 Å². The van der Waals surface area contributed by atoms with E-state index in [9.17, 15) is 0 Å². The van der Waals surface area contributed by atoms with Gasteiger partial charge < -0.3 is 9.09 Å². The van der Waals surface area contributed by atoms with Crippen LogP contribution in [0, 0.1) is 13.8 Å². The van der Waals surface area contributed by atoms with Crippen LogP contribution in [0.15, 0.2) is 68.7 Å². The maximum absolute atomic E-state index is 5.29. The Labute approximate surface area is 182 Å². The number of hydrogen-bond acceptors (Lipinski definition) is 5. The number of rotatable bonds is 7. The van der Waals surface area contributed by atoms with Gasteiger partial charge in [0.15, 0.2) is 11.0 Å². The van der Waals surface area contributed by atoms with Gasteiger partial charge in [-0.3, -0.25) is 0 Å². The van der Waals surface area contributed by atoms with E-state index in [0.717, 1.165) is 56.8 Å². The maximum atomic E-state index is 5.29. The minimum Gasteiger partial charge on any atom is -0.361 e. The first-order chi connectivity index (χ1) is 14.1. The van der Waals surface area contributed by atoms with Crippen molar-refractivity contribution in [2.75, 3.05) is 0 Å². The van der Waals surface area contributed by atoms with Gasteiger partial charge in [0.25, 0.3) is 0 Å². The van der Waals surface area contributed by atoms with Crippen molar-refractivity contribution in [3.8, 4) is 11.4 Å². The highest BCUT2D eigenvalue weighted by atomic mass is 79.9. The lowest BCUT2D eigenvalue weighted by Crippen LogP contribution is -2.05. The van der Waals surface area contributed by atoms with Crippen molar-refractivity contribution < 1.29 is 4.52 Å². The Morgan fingerprint density at radius 1 is 1.00 bits per heavy atom. The van der Waals surface area contributed by atoms with Gasteiger partial charge in [0, 0.05) is 27.9 Å². The number of thioether (sulfide) groups is 1. The summed E-state index contributed by atoms with van der Waals surface area (Å²) in [4.78, 5) is 0. The van der Waals surface area contributed by atoms with Crippen molar-refractivity contribution in [3.63, 3.8) is 0 Å². The normalized spacial score (nSPS) is 11.1. The molecule has 4 rings (SSSR count). The highest BCUT2D eigenvalue weighted by molar-refractivity contribution is 9.10. The summed E-state index contributed by atoms with van der Waals surface area (Å²) in [5.41, 5.74) is 4.40. The highest BCUT2D eigenvalue weighted by Crippen LogP contribution is 2.29. The van der Waals surface area contributed by atoms with Gasteiger partial charge in [-0.25, -0.2) is 0 Å². The molecular weight excluding hydrogens is 448 g/mol. The Bertz CT molecular complexity index is 1070. The SMILES string of the molecule is Cc1noc(C)c1CSc1nnc(-c2ccc(Br)cc2)n1CCc1ccccc1. The molecule has 0 saturated heterocycles. The fourth-order valence-corrected chi connectivity index (χ4v) is 4.52. The topological polar surface area (TPSA) is 56.7 Å². The van der Waals surface area contributed by atoms with E-state index in [1.807, 2.05) is 32.0 Å². The first-order valence-electron chi connectivity index (χ1n) is 9.39. The predicted octanol–water partition coefficient (Wildman–Crippen LogP) is 5.85. The Morgan fingerprint density at radius 3 is 2.45 bits per heavy atom. The highest BCUT2D eigenvalue weighted by Gasteiger charge is 2.17. The van der Waals surface area contributed by atoms with E-state index in [4.69, 9.17) is 4.52 Å². The van der Waals surface area contributed by atoms with E-state index in [2.05, 4.69) is 72.2 Å². The maximum Gasteiger partial charge on any atom is 0.191 e. The van der Waals surface area contributed by atoms with E-state index in [1.165, 1.54) is 5.56 Å². The average molecular weight is 469 g/mol. The molecule has 0 radical (unpaired) electrons. The van der Waals surface area contributed by atoms with Crippen LogP contribution in [0.25, 0.3) is 11.4 Å². The molecule has 2 aromatic carbocycles. The lowest BCUT2D eigenvalue weighted by Gasteiger charge is -2.11. The molecule has 0 aliphatic rings. The minimum absolute atomic E-state index is 0.755. The molecule has 2 aromatic heterocycles. The molecule has 5 nitrogen and oxygen atoms in total. The van der Waals surface area contributed by atoms with Crippen molar-refractivity contribution in [2.45, 2.75) is 37.7 Å². The third kappa shape index (κ3) is 4.62. The molecule has 0 spiro atoms. The number of aromatic nitrogens is 4. The van der Waals surface area contributed by atoms with E-state index in [0.29, 0.717) is 0 Å². The zero-order valence-electron chi connectivity index (χ0n) is 16.3. The average Bonchev–Trinajstić information content (AvgIpc) is 3.29. The molecule has 0 saturated carbocycles. The standard InChI is InChI=1S/C22H21BrN4OS/c1-15-20(16(2)28-26-15)14-29-22-25-24-21(18-8-10-19(23)11-9-18)27(22)13-12-17-6-4-3-5-7-17/h3-11H,12-14H2,1-2H3. The molecule has 7 heteroatoms. The Hall–Kier alpha value is -2.38. The van der Waals surface area contributed by atoms with Crippen LogP contribution in [0.2, 0.25) is 0 Å². The molecule has 0 aliphatic heterocycles. The van der Waals surface area contributed by atoms with Gasteiger partial charge in [0.2, 0.25) is 0 Å². The summed E-state index contributed by atoms with van der Waals surface area (Å²) >= 11 is 5.17. The lowest BCUT2D eigenvalue weighted by atomic mass is 10.1. The van der Waals surface area contributed by atoms with Gasteiger partial charge in [0.1, 0.15) is 5.76 Å². The lowest BCUT2D eigenvalue weighted by molar-refractivity contribution is 0.392. The molecule has 0 fully saturated rings. The van der Waals surface area contributed by atoms with Crippen LogP contribution in [-0.4, -0.2) is 19.9 Å². The summed E-state index contributed by atoms with van der Waals surface area (Å²) < 4.78 is 8.55. The fraction of sp³-hybridized carbons (Fsp3) is 0.227. The third-order valence-electron chi connectivity index (χ3n) is 4.81. The van der Waals surface area contributed by atoms with Crippen LogP contribution in [0.4, 0.5) is 0 Å². The number of benzene rings is 2. The van der Waals surface area contributed by atoms with Gasteiger partial charge in [0.05, 0.1) is 5.69 Å². The quantitative estimate of drug-likeness (QED) is 0.318. The first kappa shape index (κ1) is 19.9. The number of aryl methyl sites for hydroxylation is 3. The molecule has 29 heavy (non-hydrogen) atoms. The second-order valence-corrected chi connectivity index (χ2v) is 8.65. The second-order valence-electron chi connectivity index (χ2n) is 6.79. The fourth-order valence-electron chi connectivity index (χ4n) is 3.14. The Balaban J connectivity index is 1.62. The van der Waals surface area contributed by atoms with Crippen molar-refractivity contribution in [1.82, 2.24) is 19.9 Å². The number of nitrogens with zero attached hydrogens (tertiary/aromatic N) is 4. The van der Waals surface area contributed by atoms with Gasteiger partial charge in [-0.2, -0.15) is 0 Å². The smallest absolute Gasteiger partial charge is 0.191 e. The van der Waals surface area contributed by atoms with Crippen LogP contribution >= 0.6 is 27.7 Å². The molecule has 4 aromatic rings. The molecular formula is C22H21BrN4OS. The van der Waals surface area contributed by atoms with Crippen LogP contribution in [0.5, 0.6) is 0 Å². The minimum atomic E-state index is 0.755. The van der Waals surface area contributed by atoms with E-state index in [-0.39, 0.29) is 0 Å². The number of hydrogen-bond donors (Lipinski definition) is 0. The molecule has 0 atom stereocenters. The van der Waals surface area contributed by atoms with Gasteiger partial charge in [-0.05, 0) is 38.0 Å². The number of halogens is 1. The summed E-state index contributed by atoms with van der Waals surface area (Å²) in [5.74, 6) is 2.50. The molecule has 0 unspecified atom stereocenters. The molecule has 2 heterocycles. The van der Waals surface area contributed by atoms with Crippen LogP contribution in [0.3, 0.4) is 0 Å². The van der Waals surface area contributed by atoms with Gasteiger partial charge in [-0.1, -0.05) is 75.3 Å². The van der Waals surface area contributed by atoms with Gasteiger partial charge in [-0.15, -0.1) is 10.2 Å². The molecule has 148 valence electrons. The van der Waals surface area contributed by atoms with E-state index in [1.54, 1.807) is 11.8 Å². The molecule has 0 bridgehead atoms. The summed E-state index contributed by atoms with van der Waals surface area (Å²) in [6, 6.07) is 18.7. The monoisotopic (exact) mass is 468 g/mol. The molecule has 0 N–H and O–H groups in total. The third-order valence-corrected chi connectivity index (χ3v) is 6.33. The Morgan fingerprint density at radius 2 is 1.76 bits per heavy atom. The van der Waals surface area contributed by atoms with Gasteiger partial charge >= 0.3 is 0 Å². The summed E-state index contributed by atoms with van der Waals surface area (Å²) in [6.07, 6.45) is 0.918. The Kier molecular flexibility index (Phi) is 6.16. The second kappa shape index (κ2) is 8.97. The van der Waals surface area contributed by atoms with Crippen molar-refractivity contribution in [3.05, 3.63) is 81.7 Å². The zero-order chi connectivity index (χ0) is 20.2. The van der Waals surface area contributed by atoms with Crippen molar-refractivity contribution >= 4 is 27.7 Å². The van der Waals surface area contributed by atoms with E-state index >= 15 is 0 Å². The van der Waals surface area contributed by atoms with Crippen molar-refractivity contribution in [1.29, 1.82) is 0 Å². The zero-order valence-corrected chi connectivity index (χ0v) is 18.7. The summed E-state index contributed by atoms with van der Waals surface area (Å²) in [7, 11) is 0. The van der Waals surface area contributed by atoms with Crippen LogP contribution < -0.4 is 0 Å².